The summed E-state index contributed by atoms with van der Waals surface area (Å²) in [6, 6.07) is 7.42. The largest absolute Gasteiger partial charge is 0.309 e. The van der Waals surface area contributed by atoms with E-state index < -0.39 is 23.1 Å². The zero-order valence-corrected chi connectivity index (χ0v) is 17.2. The van der Waals surface area contributed by atoms with Gasteiger partial charge in [0, 0.05) is 6.54 Å². The molecule has 7 heteroatoms. The standard InChI is InChI=1S/C21H23F2N3OS/c1-13-9-10-17-19(14(13)2)24-21(28-17)26(12-6-11-25(3)4)20(27)18-15(22)7-5-8-16(18)23/h5,7-10H,6,11-12H2,1-4H3. The number of aryl methyl sites for hydroxylation is 2. The summed E-state index contributed by atoms with van der Waals surface area (Å²) in [7, 11) is 3.87. The molecule has 0 N–H and O–H groups in total. The summed E-state index contributed by atoms with van der Waals surface area (Å²) in [5.74, 6) is -2.44. The van der Waals surface area contributed by atoms with Gasteiger partial charge >= 0.3 is 0 Å². The first-order valence-corrected chi connectivity index (χ1v) is 9.88. The first kappa shape index (κ1) is 20.4. The minimum atomic E-state index is -0.865. The van der Waals surface area contributed by atoms with Crippen LogP contribution < -0.4 is 4.90 Å². The Hall–Kier alpha value is -2.38. The van der Waals surface area contributed by atoms with Crippen molar-refractivity contribution in [2.24, 2.45) is 0 Å². The summed E-state index contributed by atoms with van der Waals surface area (Å²) in [6.07, 6.45) is 0.656. The van der Waals surface area contributed by atoms with Gasteiger partial charge in [0.2, 0.25) is 0 Å². The Labute approximate surface area is 167 Å². The summed E-state index contributed by atoms with van der Waals surface area (Å²) >= 11 is 1.36. The second kappa shape index (κ2) is 8.32. The number of nitrogens with zero attached hydrogens (tertiary/aromatic N) is 3. The van der Waals surface area contributed by atoms with Gasteiger partial charge in [-0.25, -0.2) is 13.8 Å². The molecule has 1 heterocycles. The van der Waals surface area contributed by atoms with E-state index in [9.17, 15) is 13.6 Å². The van der Waals surface area contributed by atoms with Crippen LogP contribution in [-0.4, -0.2) is 43.0 Å². The van der Waals surface area contributed by atoms with Gasteiger partial charge in [0.25, 0.3) is 5.91 Å². The second-order valence-electron chi connectivity index (χ2n) is 7.06. The average Bonchev–Trinajstić information content (AvgIpc) is 3.06. The molecule has 0 spiro atoms. The molecular weight excluding hydrogens is 380 g/mol. The highest BCUT2D eigenvalue weighted by Crippen LogP contribution is 2.33. The van der Waals surface area contributed by atoms with Gasteiger partial charge in [0.15, 0.2) is 5.13 Å². The van der Waals surface area contributed by atoms with E-state index >= 15 is 0 Å². The van der Waals surface area contributed by atoms with Crippen LogP contribution >= 0.6 is 11.3 Å². The minimum absolute atomic E-state index is 0.322. The third-order valence-electron chi connectivity index (χ3n) is 4.71. The first-order chi connectivity index (χ1) is 13.3. The lowest BCUT2D eigenvalue weighted by molar-refractivity contribution is 0.0978. The van der Waals surface area contributed by atoms with Gasteiger partial charge in [-0.2, -0.15) is 0 Å². The molecule has 3 aromatic rings. The summed E-state index contributed by atoms with van der Waals surface area (Å²) < 4.78 is 29.4. The van der Waals surface area contributed by atoms with Crippen molar-refractivity contribution in [2.45, 2.75) is 20.3 Å². The van der Waals surface area contributed by atoms with Gasteiger partial charge < -0.3 is 4.90 Å². The number of aromatic nitrogens is 1. The monoisotopic (exact) mass is 403 g/mol. The Bertz CT molecular complexity index is 996. The molecule has 1 aromatic heterocycles. The quantitative estimate of drug-likeness (QED) is 0.594. The molecule has 0 atom stereocenters. The van der Waals surface area contributed by atoms with Crippen LogP contribution in [0.25, 0.3) is 10.2 Å². The number of fused-ring (bicyclic) bond motifs is 1. The summed E-state index contributed by atoms with van der Waals surface area (Å²) in [5, 5.41) is 0.454. The van der Waals surface area contributed by atoms with E-state index in [4.69, 9.17) is 0 Å². The predicted molar refractivity (Wildman–Crippen MR) is 110 cm³/mol. The molecule has 1 amide bonds. The Balaban J connectivity index is 2.04. The van der Waals surface area contributed by atoms with E-state index in [0.29, 0.717) is 18.1 Å². The summed E-state index contributed by atoms with van der Waals surface area (Å²) in [5.41, 5.74) is 2.42. The van der Waals surface area contributed by atoms with Crippen LogP contribution in [-0.2, 0) is 0 Å². The lowest BCUT2D eigenvalue weighted by Gasteiger charge is -2.21. The second-order valence-corrected chi connectivity index (χ2v) is 8.07. The number of anilines is 1. The maximum Gasteiger partial charge on any atom is 0.266 e. The van der Waals surface area contributed by atoms with Crippen LogP contribution in [0.4, 0.5) is 13.9 Å². The van der Waals surface area contributed by atoms with Crippen molar-refractivity contribution < 1.29 is 13.6 Å². The molecule has 28 heavy (non-hydrogen) atoms. The highest BCUT2D eigenvalue weighted by Gasteiger charge is 2.26. The number of rotatable bonds is 6. The van der Waals surface area contributed by atoms with E-state index in [-0.39, 0.29) is 0 Å². The maximum absolute atomic E-state index is 14.2. The van der Waals surface area contributed by atoms with Crippen molar-refractivity contribution >= 4 is 32.6 Å². The Kier molecular flexibility index (Phi) is 6.05. The van der Waals surface area contributed by atoms with Crippen molar-refractivity contribution in [1.82, 2.24) is 9.88 Å². The van der Waals surface area contributed by atoms with Crippen molar-refractivity contribution in [3.05, 3.63) is 58.7 Å². The Morgan fingerprint density at radius 3 is 2.39 bits per heavy atom. The highest BCUT2D eigenvalue weighted by molar-refractivity contribution is 7.22. The van der Waals surface area contributed by atoms with E-state index in [1.165, 1.54) is 22.3 Å². The number of hydrogen-bond donors (Lipinski definition) is 0. The number of amides is 1. The van der Waals surface area contributed by atoms with E-state index in [1.807, 2.05) is 45.0 Å². The fraction of sp³-hybridized carbons (Fsp3) is 0.333. The van der Waals surface area contributed by atoms with E-state index in [2.05, 4.69) is 4.98 Å². The molecule has 0 aliphatic carbocycles. The third-order valence-corrected chi connectivity index (χ3v) is 5.76. The Morgan fingerprint density at radius 1 is 1.07 bits per heavy atom. The van der Waals surface area contributed by atoms with Gasteiger partial charge in [-0.15, -0.1) is 0 Å². The van der Waals surface area contributed by atoms with Crippen LogP contribution in [0, 0.1) is 25.5 Å². The Morgan fingerprint density at radius 2 is 1.75 bits per heavy atom. The molecule has 3 rings (SSSR count). The predicted octanol–water partition coefficient (Wildman–Crippen LogP) is 4.79. The molecule has 2 aromatic carbocycles. The van der Waals surface area contributed by atoms with Crippen molar-refractivity contribution in [3.63, 3.8) is 0 Å². The van der Waals surface area contributed by atoms with Crippen LogP contribution in [0.15, 0.2) is 30.3 Å². The van der Waals surface area contributed by atoms with E-state index in [1.54, 1.807) is 0 Å². The van der Waals surface area contributed by atoms with E-state index in [0.717, 1.165) is 40.0 Å². The fourth-order valence-electron chi connectivity index (χ4n) is 3.00. The molecule has 0 bridgehead atoms. The zero-order chi connectivity index (χ0) is 20.4. The first-order valence-electron chi connectivity index (χ1n) is 9.07. The van der Waals surface area contributed by atoms with Gasteiger partial charge in [-0.3, -0.25) is 9.69 Å². The normalized spacial score (nSPS) is 11.4. The highest BCUT2D eigenvalue weighted by atomic mass is 32.1. The van der Waals surface area contributed by atoms with Crippen LogP contribution in [0.3, 0.4) is 0 Å². The molecule has 0 radical (unpaired) electrons. The molecule has 4 nitrogen and oxygen atoms in total. The third kappa shape index (κ3) is 4.05. The van der Waals surface area contributed by atoms with Crippen LogP contribution in [0.1, 0.15) is 27.9 Å². The SMILES string of the molecule is Cc1ccc2sc(N(CCCN(C)C)C(=O)c3c(F)cccc3F)nc2c1C. The lowest BCUT2D eigenvalue weighted by Crippen LogP contribution is -2.34. The minimum Gasteiger partial charge on any atom is -0.309 e. The molecule has 0 saturated carbocycles. The maximum atomic E-state index is 14.2. The summed E-state index contributed by atoms with van der Waals surface area (Å²) in [4.78, 5) is 21.1. The summed E-state index contributed by atoms with van der Waals surface area (Å²) in [6.45, 7) is 5.05. The molecule has 0 aliphatic rings. The molecular formula is C21H23F2N3OS. The van der Waals surface area contributed by atoms with Crippen LogP contribution in [0.5, 0.6) is 0 Å². The number of carbonyl (C=O) groups is 1. The molecule has 0 fully saturated rings. The fourth-order valence-corrected chi connectivity index (χ4v) is 4.05. The number of thiazole rings is 1. The number of hydrogen-bond acceptors (Lipinski definition) is 4. The van der Waals surface area contributed by atoms with Crippen molar-refractivity contribution in [1.29, 1.82) is 0 Å². The lowest BCUT2D eigenvalue weighted by atomic mass is 10.1. The van der Waals surface area contributed by atoms with Crippen LogP contribution in [0.2, 0.25) is 0 Å². The number of carbonyl (C=O) groups excluding carboxylic acids is 1. The molecule has 0 aliphatic heterocycles. The van der Waals surface area contributed by atoms with Gasteiger partial charge in [0.1, 0.15) is 17.2 Å². The molecule has 148 valence electrons. The van der Waals surface area contributed by atoms with Gasteiger partial charge in [0.05, 0.1) is 10.2 Å². The molecule has 0 unspecified atom stereocenters. The van der Waals surface area contributed by atoms with Gasteiger partial charge in [-0.1, -0.05) is 23.5 Å². The number of benzene rings is 2. The number of halogens is 2. The van der Waals surface area contributed by atoms with Crippen molar-refractivity contribution in [2.75, 3.05) is 32.1 Å². The zero-order valence-electron chi connectivity index (χ0n) is 16.4. The van der Waals surface area contributed by atoms with Crippen molar-refractivity contribution in [3.8, 4) is 0 Å². The topological polar surface area (TPSA) is 36.4 Å². The van der Waals surface area contributed by atoms with Gasteiger partial charge in [-0.05, 0) is 70.2 Å². The smallest absolute Gasteiger partial charge is 0.266 e. The molecule has 0 saturated heterocycles. The average molecular weight is 403 g/mol.